The summed E-state index contributed by atoms with van der Waals surface area (Å²) in [6.45, 7) is 4.84. The first-order valence-electron chi connectivity index (χ1n) is 11.3. The molecule has 1 aromatic carbocycles. The van der Waals surface area contributed by atoms with Gasteiger partial charge in [-0.1, -0.05) is 30.3 Å². The number of nitrogens with zero attached hydrogens (tertiary/aromatic N) is 6. The second-order valence-electron chi connectivity index (χ2n) is 9.00. The second kappa shape index (κ2) is 8.04. The Labute approximate surface area is 187 Å². The first kappa shape index (κ1) is 19.5. The minimum atomic E-state index is 0.296. The van der Waals surface area contributed by atoms with E-state index >= 15 is 0 Å². The highest BCUT2D eigenvalue weighted by Crippen LogP contribution is 2.34. The SMILES string of the molecule is Clc1nc(N2C[C@H]3CC[C@@H](C2)O3)c2cnn(C3CCN(Cc4ccccc4)CC3)c2n1. The summed E-state index contributed by atoms with van der Waals surface area (Å²) in [4.78, 5) is 14.0. The molecule has 0 amide bonds. The van der Waals surface area contributed by atoms with Gasteiger partial charge in [-0.2, -0.15) is 15.1 Å². The van der Waals surface area contributed by atoms with Crippen LogP contribution in [-0.4, -0.2) is 63.0 Å². The van der Waals surface area contributed by atoms with Crippen molar-refractivity contribution in [3.63, 3.8) is 0 Å². The van der Waals surface area contributed by atoms with Crippen LogP contribution in [0.5, 0.6) is 0 Å². The zero-order valence-corrected chi connectivity index (χ0v) is 18.3. The molecule has 162 valence electrons. The summed E-state index contributed by atoms with van der Waals surface area (Å²) >= 11 is 6.38. The predicted octanol–water partition coefficient (Wildman–Crippen LogP) is 3.68. The number of ether oxygens (including phenoxy) is 1. The van der Waals surface area contributed by atoms with Crippen LogP contribution in [0.2, 0.25) is 5.28 Å². The normalized spacial score (nSPS) is 24.9. The van der Waals surface area contributed by atoms with Crippen molar-refractivity contribution in [3.8, 4) is 0 Å². The zero-order valence-electron chi connectivity index (χ0n) is 17.5. The van der Waals surface area contributed by atoms with E-state index in [4.69, 9.17) is 21.4 Å². The van der Waals surface area contributed by atoms with Crippen molar-refractivity contribution in [1.29, 1.82) is 0 Å². The maximum Gasteiger partial charge on any atom is 0.226 e. The fraction of sp³-hybridized carbons (Fsp3) is 0.522. The van der Waals surface area contributed by atoms with Crippen LogP contribution in [-0.2, 0) is 11.3 Å². The summed E-state index contributed by atoms with van der Waals surface area (Å²) in [5.41, 5.74) is 2.23. The molecule has 2 aromatic heterocycles. The number of hydrogen-bond acceptors (Lipinski definition) is 6. The van der Waals surface area contributed by atoms with Crippen molar-refractivity contribution in [2.45, 2.75) is 50.5 Å². The monoisotopic (exact) mass is 438 g/mol. The Bertz CT molecular complexity index is 1050. The Morgan fingerprint density at radius 1 is 0.968 bits per heavy atom. The van der Waals surface area contributed by atoms with Gasteiger partial charge in [0.25, 0.3) is 0 Å². The minimum absolute atomic E-state index is 0.296. The summed E-state index contributed by atoms with van der Waals surface area (Å²) in [6, 6.07) is 11.0. The van der Waals surface area contributed by atoms with Gasteiger partial charge in [0.15, 0.2) is 5.65 Å². The van der Waals surface area contributed by atoms with Crippen LogP contribution in [0, 0.1) is 0 Å². The molecule has 3 aliphatic rings. The third kappa shape index (κ3) is 3.79. The maximum atomic E-state index is 6.38. The molecule has 0 aliphatic carbocycles. The largest absolute Gasteiger partial charge is 0.371 e. The number of hydrogen-bond donors (Lipinski definition) is 0. The number of morpholine rings is 1. The molecule has 0 unspecified atom stereocenters. The number of likely N-dealkylation sites (tertiary alicyclic amines) is 1. The van der Waals surface area contributed by atoms with Crippen molar-refractivity contribution in [2.24, 2.45) is 0 Å². The molecule has 5 heterocycles. The van der Waals surface area contributed by atoms with E-state index in [1.165, 1.54) is 5.56 Å². The smallest absolute Gasteiger partial charge is 0.226 e. The van der Waals surface area contributed by atoms with Crippen molar-refractivity contribution < 1.29 is 4.74 Å². The van der Waals surface area contributed by atoms with E-state index in [9.17, 15) is 0 Å². The topological polar surface area (TPSA) is 59.3 Å². The van der Waals surface area contributed by atoms with E-state index in [1.807, 2.05) is 6.20 Å². The second-order valence-corrected chi connectivity index (χ2v) is 9.34. The molecule has 3 saturated heterocycles. The number of benzene rings is 1. The van der Waals surface area contributed by atoms with E-state index in [0.717, 1.165) is 75.3 Å². The lowest BCUT2D eigenvalue weighted by atomic mass is 10.0. The zero-order chi connectivity index (χ0) is 20.8. The van der Waals surface area contributed by atoms with Crippen molar-refractivity contribution in [1.82, 2.24) is 24.6 Å². The molecule has 0 N–H and O–H groups in total. The maximum absolute atomic E-state index is 6.38. The summed E-state index contributed by atoms with van der Waals surface area (Å²) in [5.74, 6) is 0.906. The molecule has 3 fully saturated rings. The Morgan fingerprint density at radius 3 is 2.45 bits per heavy atom. The van der Waals surface area contributed by atoms with Crippen LogP contribution in [0.3, 0.4) is 0 Å². The Morgan fingerprint density at radius 2 is 1.71 bits per heavy atom. The van der Waals surface area contributed by atoms with Gasteiger partial charge in [0, 0.05) is 32.7 Å². The lowest BCUT2D eigenvalue weighted by Gasteiger charge is -2.33. The van der Waals surface area contributed by atoms with Gasteiger partial charge in [0.1, 0.15) is 5.82 Å². The average Bonchev–Trinajstić information content (AvgIpc) is 3.36. The average molecular weight is 439 g/mol. The van der Waals surface area contributed by atoms with E-state index < -0.39 is 0 Å². The summed E-state index contributed by atoms with van der Waals surface area (Å²) in [5, 5.41) is 6.05. The highest BCUT2D eigenvalue weighted by molar-refractivity contribution is 6.28. The van der Waals surface area contributed by atoms with Crippen LogP contribution in [0.1, 0.15) is 37.3 Å². The molecule has 6 rings (SSSR count). The Balaban J connectivity index is 1.22. The van der Waals surface area contributed by atoms with E-state index in [-0.39, 0.29) is 0 Å². The van der Waals surface area contributed by atoms with Crippen LogP contribution in [0.25, 0.3) is 11.0 Å². The van der Waals surface area contributed by atoms with Gasteiger partial charge in [-0.05, 0) is 42.8 Å². The van der Waals surface area contributed by atoms with E-state index in [2.05, 4.69) is 54.8 Å². The molecule has 0 radical (unpaired) electrons. The molecular formula is C23H27ClN6O. The first-order valence-corrected chi connectivity index (χ1v) is 11.7. The number of piperidine rings is 1. The minimum Gasteiger partial charge on any atom is -0.371 e. The van der Waals surface area contributed by atoms with Crippen molar-refractivity contribution in [3.05, 3.63) is 47.4 Å². The van der Waals surface area contributed by atoms with Crippen molar-refractivity contribution in [2.75, 3.05) is 31.1 Å². The Kier molecular flexibility index (Phi) is 5.05. The van der Waals surface area contributed by atoms with Gasteiger partial charge in [-0.15, -0.1) is 0 Å². The predicted molar refractivity (Wildman–Crippen MR) is 120 cm³/mol. The van der Waals surface area contributed by atoms with Crippen molar-refractivity contribution >= 4 is 28.5 Å². The summed E-state index contributed by atoms with van der Waals surface area (Å²) < 4.78 is 8.09. The molecular weight excluding hydrogens is 412 g/mol. The molecule has 3 aromatic rings. The number of aromatic nitrogens is 4. The number of anilines is 1. The van der Waals surface area contributed by atoms with E-state index in [1.54, 1.807) is 0 Å². The molecule has 2 atom stereocenters. The lowest BCUT2D eigenvalue weighted by molar-refractivity contribution is 0.0303. The van der Waals surface area contributed by atoms with Gasteiger partial charge >= 0.3 is 0 Å². The first-order chi connectivity index (χ1) is 15.2. The molecule has 8 heteroatoms. The fourth-order valence-electron chi connectivity index (χ4n) is 5.34. The van der Waals surface area contributed by atoms with Crippen LogP contribution < -0.4 is 4.90 Å². The number of fused-ring (bicyclic) bond motifs is 3. The van der Waals surface area contributed by atoms with Crippen LogP contribution in [0.4, 0.5) is 5.82 Å². The molecule has 0 saturated carbocycles. The molecule has 2 bridgehead atoms. The molecule has 7 nitrogen and oxygen atoms in total. The fourth-order valence-corrected chi connectivity index (χ4v) is 5.50. The van der Waals surface area contributed by atoms with Gasteiger partial charge in [-0.3, -0.25) is 4.90 Å². The molecule has 31 heavy (non-hydrogen) atoms. The summed E-state index contributed by atoms with van der Waals surface area (Å²) in [7, 11) is 0. The standard InChI is InChI=1S/C23H27ClN6O/c24-23-26-21(29-14-18-6-7-19(15-29)31-18)20-12-25-30(22(20)27-23)17-8-10-28(11-9-17)13-16-4-2-1-3-5-16/h1-5,12,17-19H,6-11,13-15H2/t18-,19+. The van der Waals surface area contributed by atoms with E-state index in [0.29, 0.717) is 23.5 Å². The van der Waals surface area contributed by atoms with Crippen LogP contribution in [0.15, 0.2) is 36.5 Å². The molecule has 3 aliphatic heterocycles. The van der Waals surface area contributed by atoms with Gasteiger partial charge in [0.2, 0.25) is 5.28 Å². The van der Waals surface area contributed by atoms with Gasteiger partial charge in [-0.25, -0.2) is 4.68 Å². The highest BCUT2D eigenvalue weighted by Gasteiger charge is 2.35. The summed E-state index contributed by atoms with van der Waals surface area (Å²) in [6.07, 6.45) is 6.89. The number of rotatable bonds is 4. The lowest BCUT2D eigenvalue weighted by Crippen LogP contribution is -2.43. The third-order valence-corrected chi connectivity index (χ3v) is 7.07. The highest BCUT2D eigenvalue weighted by atomic mass is 35.5. The Hall–Kier alpha value is -2.22. The van der Waals surface area contributed by atoms with Crippen LogP contribution >= 0.6 is 11.6 Å². The van der Waals surface area contributed by atoms with Gasteiger partial charge in [0.05, 0.1) is 29.8 Å². The quantitative estimate of drug-likeness (QED) is 0.579. The molecule has 0 spiro atoms. The number of halogens is 1. The third-order valence-electron chi connectivity index (χ3n) is 6.90. The van der Waals surface area contributed by atoms with Gasteiger partial charge < -0.3 is 9.64 Å².